The summed E-state index contributed by atoms with van der Waals surface area (Å²) in [5.74, 6) is -0.0940. The lowest BCUT2D eigenvalue weighted by molar-refractivity contribution is -0.125. The number of rotatable bonds is 9. The number of amides is 2. The van der Waals surface area contributed by atoms with Crippen LogP contribution < -0.4 is 15.4 Å². The van der Waals surface area contributed by atoms with E-state index in [0.717, 1.165) is 11.3 Å². The van der Waals surface area contributed by atoms with Crippen molar-refractivity contribution in [2.24, 2.45) is 0 Å². The van der Waals surface area contributed by atoms with Crippen molar-refractivity contribution >= 4 is 46.6 Å². The lowest BCUT2D eigenvalue weighted by Gasteiger charge is -2.37. The summed E-state index contributed by atoms with van der Waals surface area (Å²) in [6, 6.07) is 12.0. The van der Waals surface area contributed by atoms with Gasteiger partial charge in [0.05, 0.1) is 22.2 Å². The zero-order valence-electron chi connectivity index (χ0n) is 16.7. The lowest BCUT2D eigenvalue weighted by atomic mass is 9.84. The number of hydrogen-bond acceptors (Lipinski definition) is 4. The smallest absolute Gasteiger partial charge is 0.258 e. The molecule has 6 nitrogen and oxygen atoms in total. The van der Waals surface area contributed by atoms with Gasteiger partial charge in [-0.2, -0.15) is 0 Å². The third kappa shape index (κ3) is 7.14. The Balaban J connectivity index is 1.37. The van der Waals surface area contributed by atoms with Crippen LogP contribution in [0.3, 0.4) is 0 Å². The summed E-state index contributed by atoms with van der Waals surface area (Å²) < 4.78 is 10.8. The maximum absolute atomic E-state index is 12.2. The molecule has 2 aromatic rings. The minimum atomic E-state index is -0.551. The average Bonchev–Trinajstić information content (AvgIpc) is 2.69. The largest absolute Gasteiger partial charge is 0.484 e. The summed E-state index contributed by atoms with van der Waals surface area (Å²) in [7, 11) is 0. The van der Waals surface area contributed by atoms with Crippen molar-refractivity contribution in [3.8, 4) is 5.75 Å². The van der Waals surface area contributed by atoms with Gasteiger partial charge >= 0.3 is 0 Å². The summed E-state index contributed by atoms with van der Waals surface area (Å²) in [5, 5.41) is 7.06. The summed E-state index contributed by atoms with van der Waals surface area (Å²) in [6.07, 6.45) is 2.29. The fourth-order valence-electron chi connectivity index (χ4n) is 3.04. The van der Waals surface area contributed by atoms with Gasteiger partial charge in [0.2, 0.25) is 5.91 Å². The molecule has 9 heteroatoms. The highest BCUT2D eigenvalue weighted by molar-refractivity contribution is 6.42. The zero-order chi connectivity index (χ0) is 22.4. The van der Waals surface area contributed by atoms with Gasteiger partial charge in [-0.15, -0.1) is 0 Å². The quantitative estimate of drug-likeness (QED) is 0.550. The van der Waals surface area contributed by atoms with Crippen molar-refractivity contribution in [3.63, 3.8) is 0 Å². The molecule has 0 aromatic heterocycles. The van der Waals surface area contributed by atoms with E-state index >= 15 is 0 Å². The Morgan fingerprint density at radius 2 is 1.71 bits per heavy atom. The second kappa shape index (κ2) is 10.4. The van der Waals surface area contributed by atoms with Crippen LogP contribution in [0.25, 0.3) is 0 Å². The molecule has 1 aliphatic carbocycles. The van der Waals surface area contributed by atoms with Crippen LogP contribution in [0.1, 0.15) is 18.9 Å². The van der Waals surface area contributed by atoms with Crippen molar-refractivity contribution in [2.45, 2.75) is 25.5 Å². The summed E-state index contributed by atoms with van der Waals surface area (Å²) in [5.41, 5.74) is 1.11. The van der Waals surface area contributed by atoms with Crippen LogP contribution in [-0.4, -0.2) is 30.6 Å². The first-order valence-electron chi connectivity index (χ1n) is 9.45. The molecule has 2 N–H and O–H groups in total. The third-order valence-electron chi connectivity index (χ3n) is 4.45. The van der Waals surface area contributed by atoms with E-state index < -0.39 is 5.54 Å². The Labute approximate surface area is 195 Å². The van der Waals surface area contributed by atoms with E-state index in [1.165, 1.54) is 0 Å². The number of nitrogens with one attached hydrogen (secondary N) is 2. The van der Waals surface area contributed by atoms with Gasteiger partial charge < -0.3 is 20.1 Å². The molecule has 2 amide bonds. The van der Waals surface area contributed by atoms with E-state index in [4.69, 9.17) is 44.3 Å². The van der Waals surface area contributed by atoms with Gasteiger partial charge in [0.25, 0.3) is 5.91 Å². The number of benzene rings is 2. The van der Waals surface area contributed by atoms with Crippen molar-refractivity contribution in [3.05, 3.63) is 74.9 Å². The van der Waals surface area contributed by atoms with E-state index in [1.807, 2.05) is 19.1 Å². The van der Waals surface area contributed by atoms with Gasteiger partial charge in [-0.25, -0.2) is 0 Å². The lowest BCUT2D eigenvalue weighted by Crippen LogP contribution is -2.53. The van der Waals surface area contributed by atoms with E-state index in [9.17, 15) is 9.59 Å². The number of hydrogen-bond donors (Lipinski definition) is 2. The van der Waals surface area contributed by atoms with Gasteiger partial charge in [-0.3, -0.25) is 9.59 Å². The molecule has 0 fully saturated rings. The van der Waals surface area contributed by atoms with Crippen LogP contribution >= 0.6 is 34.8 Å². The van der Waals surface area contributed by atoms with Gasteiger partial charge in [-0.05, 0) is 42.8 Å². The molecule has 0 saturated carbocycles. The average molecular weight is 484 g/mol. The van der Waals surface area contributed by atoms with E-state index in [1.54, 1.807) is 36.4 Å². The zero-order valence-corrected chi connectivity index (χ0v) is 19.0. The van der Waals surface area contributed by atoms with Crippen molar-refractivity contribution in [1.82, 2.24) is 10.6 Å². The highest BCUT2D eigenvalue weighted by Gasteiger charge is 2.34. The molecule has 0 saturated heterocycles. The second-order valence-corrected chi connectivity index (χ2v) is 8.59. The molecule has 2 aromatic carbocycles. The van der Waals surface area contributed by atoms with Gasteiger partial charge in [0.15, 0.2) is 6.61 Å². The highest BCUT2D eigenvalue weighted by Crippen LogP contribution is 2.29. The predicted octanol–water partition coefficient (Wildman–Crippen LogP) is 4.52. The first-order valence-corrected chi connectivity index (χ1v) is 10.6. The number of halogens is 3. The molecular weight excluding hydrogens is 463 g/mol. The first kappa shape index (κ1) is 23.4. The van der Waals surface area contributed by atoms with Crippen LogP contribution in [0, 0.1) is 0 Å². The first-order chi connectivity index (χ1) is 14.7. The molecule has 164 valence electrons. The molecule has 0 aliphatic heterocycles. The molecule has 3 rings (SSSR count). The van der Waals surface area contributed by atoms with Crippen LogP contribution in [0.2, 0.25) is 15.1 Å². The molecule has 31 heavy (non-hydrogen) atoms. The minimum absolute atomic E-state index is 0.0689. The van der Waals surface area contributed by atoms with Crippen LogP contribution in [0.15, 0.2) is 54.2 Å². The number of carbonyl (C=O) groups is 2. The second-order valence-electron chi connectivity index (χ2n) is 7.34. The molecule has 0 heterocycles. The van der Waals surface area contributed by atoms with Gasteiger partial charge in [-0.1, -0.05) is 46.9 Å². The SMILES string of the molecule is CC1(NC(=O)COc2ccc(Cl)c(Cl)c2)C=C(NC(=O)COCc2ccc(Cl)cc2)C1. The Hall–Kier alpha value is -2.25. The molecule has 1 atom stereocenters. The number of carbonyl (C=O) groups excluding carboxylic acids is 2. The number of ether oxygens (including phenoxy) is 2. The molecule has 1 unspecified atom stereocenters. The van der Waals surface area contributed by atoms with E-state index in [0.29, 0.717) is 33.8 Å². The molecular formula is C22H21Cl3N2O4. The van der Waals surface area contributed by atoms with Crippen LogP contribution in [0.4, 0.5) is 0 Å². The fraction of sp³-hybridized carbons (Fsp3) is 0.273. The molecule has 0 radical (unpaired) electrons. The Kier molecular flexibility index (Phi) is 7.84. The topological polar surface area (TPSA) is 76.7 Å². The summed E-state index contributed by atoms with van der Waals surface area (Å²) in [6.45, 7) is 1.94. The van der Waals surface area contributed by atoms with Gasteiger partial charge in [0.1, 0.15) is 12.4 Å². The maximum atomic E-state index is 12.2. The molecule has 0 bridgehead atoms. The minimum Gasteiger partial charge on any atom is -0.484 e. The summed E-state index contributed by atoms with van der Waals surface area (Å²) in [4.78, 5) is 24.2. The van der Waals surface area contributed by atoms with Crippen molar-refractivity contribution in [1.29, 1.82) is 0 Å². The highest BCUT2D eigenvalue weighted by atomic mass is 35.5. The monoisotopic (exact) mass is 482 g/mol. The third-order valence-corrected chi connectivity index (χ3v) is 5.44. The van der Waals surface area contributed by atoms with E-state index in [-0.39, 0.29) is 25.0 Å². The molecule has 1 aliphatic rings. The summed E-state index contributed by atoms with van der Waals surface area (Å²) >= 11 is 17.6. The Morgan fingerprint density at radius 1 is 1.00 bits per heavy atom. The standard InChI is InChI=1S/C22H21Cl3N2O4/c1-22(27-21(29)13-31-17-6-7-18(24)19(25)8-17)9-16(10-22)26-20(28)12-30-11-14-2-4-15(23)5-3-14/h2-9H,10-13H2,1H3,(H,26,28)(H,27,29). The van der Waals surface area contributed by atoms with Gasteiger partial charge in [0, 0.05) is 23.2 Å². The van der Waals surface area contributed by atoms with Crippen molar-refractivity contribution < 1.29 is 19.1 Å². The Bertz CT molecular complexity index is 995. The van der Waals surface area contributed by atoms with E-state index in [2.05, 4.69) is 10.6 Å². The maximum Gasteiger partial charge on any atom is 0.258 e. The van der Waals surface area contributed by atoms with Crippen LogP contribution in [-0.2, 0) is 20.9 Å². The Morgan fingerprint density at radius 3 is 2.39 bits per heavy atom. The van der Waals surface area contributed by atoms with Crippen LogP contribution in [0.5, 0.6) is 5.75 Å². The fourth-order valence-corrected chi connectivity index (χ4v) is 3.45. The normalized spacial score (nSPS) is 17.4. The predicted molar refractivity (Wildman–Crippen MR) is 120 cm³/mol. The molecule has 0 spiro atoms. The van der Waals surface area contributed by atoms with Crippen molar-refractivity contribution in [2.75, 3.05) is 13.2 Å².